The summed E-state index contributed by atoms with van der Waals surface area (Å²) in [7, 11) is 0. The van der Waals surface area contributed by atoms with Crippen molar-refractivity contribution in [2.24, 2.45) is 0 Å². The van der Waals surface area contributed by atoms with Gasteiger partial charge in [0.25, 0.3) is 0 Å². The van der Waals surface area contributed by atoms with Gasteiger partial charge in [-0.1, -0.05) is 12.7 Å². The zero-order valence-electron chi connectivity index (χ0n) is 14.8. The lowest BCUT2D eigenvalue weighted by atomic mass is 10.2. The van der Waals surface area contributed by atoms with Crippen LogP contribution in [0, 0.1) is 0 Å². The Morgan fingerprint density at radius 3 is 1.67 bits per heavy atom. The molecule has 0 saturated carbocycles. The summed E-state index contributed by atoms with van der Waals surface area (Å²) < 4.78 is 26.5. The number of hydrogen-bond acceptors (Lipinski definition) is 6. The summed E-state index contributed by atoms with van der Waals surface area (Å²) in [6, 6.07) is 0. The van der Waals surface area contributed by atoms with Crippen LogP contribution in [0.2, 0.25) is 0 Å². The zero-order chi connectivity index (χ0) is 18.0. The third-order valence-corrected chi connectivity index (χ3v) is 2.74. The van der Waals surface area contributed by atoms with Crippen molar-refractivity contribution < 1.29 is 33.6 Å². The molecule has 0 aliphatic rings. The van der Waals surface area contributed by atoms with Crippen molar-refractivity contribution in [3.63, 3.8) is 0 Å². The molecule has 1 N–H and O–H groups in total. The quantitative estimate of drug-likeness (QED) is 0.245. The molecule has 0 aliphatic carbocycles. The molecule has 0 atom stereocenters. The van der Waals surface area contributed by atoms with E-state index in [0.29, 0.717) is 77.2 Å². The van der Waals surface area contributed by atoms with Crippen LogP contribution in [0.5, 0.6) is 0 Å². The Morgan fingerprint density at radius 1 is 0.833 bits per heavy atom. The summed E-state index contributed by atoms with van der Waals surface area (Å²) in [4.78, 5) is 10.5. The van der Waals surface area contributed by atoms with Crippen LogP contribution in [0.4, 0.5) is 0 Å². The fourth-order valence-electron chi connectivity index (χ4n) is 1.48. The predicted molar refractivity (Wildman–Crippen MR) is 90.1 cm³/mol. The summed E-state index contributed by atoms with van der Waals surface area (Å²) >= 11 is 0. The first-order chi connectivity index (χ1) is 11.5. The van der Waals surface area contributed by atoms with Gasteiger partial charge in [0, 0.05) is 5.57 Å². The Balaban J connectivity index is 3.14. The maximum atomic E-state index is 10.5. The Bertz CT molecular complexity index is 366. The van der Waals surface area contributed by atoms with Crippen molar-refractivity contribution in [1.82, 2.24) is 0 Å². The molecule has 0 aromatic carbocycles. The molecular weight excluding hydrogens is 316 g/mol. The highest BCUT2D eigenvalue weighted by Crippen LogP contribution is 1.95. The largest absolute Gasteiger partial charge is 0.496 e. The van der Waals surface area contributed by atoms with Crippen LogP contribution in [-0.2, 0) is 28.5 Å². The van der Waals surface area contributed by atoms with Gasteiger partial charge in [-0.3, -0.25) is 0 Å². The second-order valence-corrected chi connectivity index (χ2v) is 4.98. The van der Waals surface area contributed by atoms with Crippen LogP contribution in [-0.4, -0.2) is 70.5 Å². The van der Waals surface area contributed by atoms with Crippen molar-refractivity contribution in [3.05, 3.63) is 24.0 Å². The lowest BCUT2D eigenvalue weighted by Crippen LogP contribution is -2.13. The maximum absolute atomic E-state index is 10.5. The number of aliphatic carboxylic acids is 1. The van der Waals surface area contributed by atoms with E-state index in [-0.39, 0.29) is 0 Å². The van der Waals surface area contributed by atoms with Crippen LogP contribution in [0.15, 0.2) is 24.0 Å². The van der Waals surface area contributed by atoms with Crippen LogP contribution in [0.1, 0.15) is 20.3 Å². The summed E-state index contributed by atoms with van der Waals surface area (Å²) in [6.45, 7) is 11.5. The molecule has 7 nitrogen and oxygen atoms in total. The minimum atomic E-state index is -0.899. The van der Waals surface area contributed by atoms with Crippen molar-refractivity contribution in [3.8, 4) is 0 Å². The minimum Gasteiger partial charge on any atom is -0.496 e. The SMILES string of the molecule is C=C(C)OCCOCCOCCOCCOCCC=C(C)C(=O)O. The summed E-state index contributed by atoms with van der Waals surface area (Å²) in [5.41, 5.74) is 0.333. The molecule has 0 spiro atoms. The molecule has 0 heterocycles. The van der Waals surface area contributed by atoms with Crippen molar-refractivity contribution >= 4 is 5.97 Å². The molecule has 0 aromatic rings. The van der Waals surface area contributed by atoms with Crippen LogP contribution >= 0.6 is 0 Å². The average Bonchev–Trinajstić information content (AvgIpc) is 2.53. The van der Waals surface area contributed by atoms with Gasteiger partial charge in [-0.15, -0.1) is 0 Å². The normalized spacial score (nSPS) is 11.5. The van der Waals surface area contributed by atoms with E-state index < -0.39 is 5.97 Å². The van der Waals surface area contributed by atoms with Crippen LogP contribution < -0.4 is 0 Å². The first kappa shape index (κ1) is 22.6. The number of ether oxygens (including phenoxy) is 5. The number of carbonyl (C=O) groups is 1. The van der Waals surface area contributed by atoms with Crippen LogP contribution in [0.25, 0.3) is 0 Å². The Labute approximate surface area is 144 Å². The molecule has 0 aliphatic heterocycles. The van der Waals surface area contributed by atoms with Gasteiger partial charge < -0.3 is 28.8 Å². The average molecular weight is 346 g/mol. The molecular formula is C17H30O7. The second kappa shape index (κ2) is 16.4. The van der Waals surface area contributed by atoms with E-state index in [1.54, 1.807) is 19.9 Å². The summed E-state index contributed by atoms with van der Waals surface area (Å²) in [5, 5.41) is 8.66. The second-order valence-electron chi connectivity index (χ2n) is 4.98. The smallest absolute Gasteiger partial charge is 0.330 e. The fourth-order valence-corrected chi connectivity index (χ4v) is 1.48. The van der Waals surface area contributed by atoms with Gasteiger partial charge in [0.2, 0.25) is 0 Å². The van der Waals surface area contributed by atoms with E-state index in [0.717, 1.165) is 0 Å². The molecule has 0 radical (unpaired) electrons. The summed E-state index contributed by atoms with van der Waals surface area (Å²) in [6.07, 6.45) is 2.22. The number of rotatable bonds is 17. The molecule has 140 valence electrons. The fraction of sp³-hybridized carbons (Fsp3) is 0.706. The van der Waals surface area contributed by atoms with Gasteiger partial charge in [0.15, 0.2) is 0 Å². The summed E-state index contributed by atoms with van der Waals surface area (Å²) in [5.74, 6) is -0.216. The highest BCUT2D eigenvalue weighted by Gasteiger charge is 1.98. The molecule has 0 saturated heterocycles. The number of hydrogen-bond donors (Lipinski definition) is 1. The third kappa shape index (κ3) is 17.0. The monoisotopic (exact) mass is 346 g/mol. The van der Waals surface area contributed by atoms with E-state index in [9.17, 15) is 4.79 Å². The standard InChI is InChI=1S/C17H30O7/c1-15(2)24-14-13-23-12-11-22-10-9-21-8-7-20-6-4-5-16(3)17(18)19/h5H,1,4,6-14H2,2-3H3,(H,18,19). The first-order valence-corrected chi connectivity index (χ1v) is 8.03. The molecule has 7 heteroatoms. The number of carboxylic acids is 1. The number of carboxylic acid groups (broad SMARTS) is 1. The first-order valence-electron chi connectivity index (χ1n) is 8.03. The molecule has 0 aromatic heterocycles. The number of allylic oxidation sites excluding steroid dienone is 1. The van der Waals surface area contributed by atoms with Gasteiger partial charge in [-0.25, -0.2) is 4.79 Å². The van der Waals surface area contributed by atoms with Crippen molar-refractivity contribution in [2.45, 2.75) is 20.3 Å². The van der Waals surface area contributed by atoms with Gasteiger partial charge in [-0.05, 0) is 20.3 Å². The van der Waals surface area contributed by atoms with E-state index >= 15 is 0 Å². The Kier molecular flexibility index (Phi) is 15.5. The molecule has 0 rings (SSSR count). The van der Waals surface area contributed by atoms with Gasteiger partial charge in [0.05, 0.1) is 58.6 Å². The van der Waals surface area contributed by atoms with Gasteiger partial charge >= 0.3 is 5.97 Å². The molecule has 0 amide bonds. The lowest BCUT2D eigenvalue weighted by Gasteiger charge is -2.08. The Morgan fingerprint density at radius 2 is 1.25 bits per heavy atom. The molecule has 24 heavy (non-hydrogen) atoms. The lowest BCUT2D eigenvalue weighted by molar-refractivity contribution is -0.132. The van der Waals surface area contributed by atoms with Crippen LogP contribution in [0.3, 0.4) is 0 Å². The van der Waals surface area contributed by atoms with E-state index in [4.69, 9.17) is 28.8 Å². The maximum Gasteiger partial charge on any atom is 0.330 e. The predicted octanol–water partition coefficient (Wildman–Crippen LogP) is 2.02. The molecule has 0 bridgehead atoms. The van der Waals surface area contributed by atoms with Gasteiger partial charge in [0.1, 0.15) is 6.61 Å². The van der Waals surface area contributed by atoms with E-state index in [1.807, 2.05) is 0 Å². The zero-order valence-corrected chi connectivity index (χ0v) is 14.8. The minimum absolute atomic E-state index is 0.333. The molecule has 0 unspecified atom stereocenters. The topological polar surface area (TPSA) is 83.5 Å². The van der Waals surface area contributed by atoms with Crippen molar-refractivity contribution in [2.75, 3.05) is 59.5 Å². The van der Waals surface area contributed by atoms with E-state index in [2.05, 4.69) is 6.58 Å². The highest BCUT2D eigenvalue weighted by molar-refractivity contribution is 5.85. The van der Waals surface area contributed by atoms with Gasteiger partial charge in [-0.2, -0.15) is 0 Å². The highest BCUT2D eigenvalue weighted by atomic mass is 16.6. The Hall–Kier alpha value is -1.41. The third-order valence-electron chi connectivity index (χ3n) is 2.74. The molecule has 0 fully saturated rings. The van der Waals surface area contributed by atoms with E-state index in [1.165, 1.54) is 0 Å². The van der Waals surface area contributed by atoms with Crippen molar-refractivity contribution in [1.29, 1.82) is 0 Å².